The van der Waals surface area contributed by atoms with Crippen LogP contribution in [-0.2, 0) is 24.1 Å². The van der Waals surface area contributed by atoms with E-state index in [0.717, 1.165) is 52.1 Å². The van der Waals surface area contributed by atoms with Crippen LogP contribution in [0.2, 0.25) is 0 Å². The zero-order valence-corrected chi connectivity index (χ0v) is 12.7. The molecular formula is C17H21N3O2. The Hall–Kier alpha value is -1.72. The van der Waals surface area contributed by atoms with Gasteiger partial charge in [0.2, 0.25) is 0 Å². The molecule has 0 radical (unpaired) electrons. The van der Waals surface area contributed by atoms with Crippen LogP contribution in [0.25, 0.3) is 0 Å². The van der Waals surface area contributed by atoms with Gasteiger partial charge < -0.3 is 9.15 Å². The van der Waals surface area contributed by atoms with E-state index in [1.54, 1.807) is 12.6 Å². The third kappa shape index (κ3) is 2.78. The van der Waals surface area contributed by atoms with Gasteiger partial charge in [0.15, 0.2) is 0 Å². The standard InChI is InChI=1S/C17H21N3O2/c1-5-20(9-13-3-7-21-10-13)6-2-16-15(1)17(19-12-18-16)14-4-8-22-11-14/h3,7,10,12,14H,1-2,4-6,8-9,11H2/t14-/m1/s1. The fourth-order valence-electron chi connectivity index (χ4n) is 3.50. The molecular weight excluding hydrogens is 278 g/mol. The van der Waals surface area contributed by atoms with Crippen LogP contribution in [-0.4, -0.2) is 41.2 Å². The molecule has 1 fully saturated rings. The van der Waals surface area contributed by atoms with Crippen molar-refractivity contribution in [3.63, 3.8) is 0 Å². The predicted molar refractivity (Wildman–Crippen MR) is 81.6 cm³/mol. The summed E-state index contributed by atoms with van der Waals surface area (Å²) >= 11 is 0. The minimum absolute atomic E-state index is 0.456. The van der Waals surface area contributed by atoms with Gasteiger partial charge >= 0.3 is 0 Å². The summed E-state index contributed by atoms with van der Waals surface area (Å²) in [7, 11) is 0. The SMILES string of the molecule is c1nc2c(c([C@@H]3CCOC3)n1)CCN(Cc1ccoc1)CC2. The molecule has 0 aromatic carbocycles. The molecule has 0 N–H and O–H groups in total. The van der Waals surface area contributed by atoms with E-state index >= 15 is 0 Å². The Morgan fingerprint density at radius 2 is 2.18 bits per heavy atom. The van der Waals surface area contributed by atoms with Gasteiger partial charge in [0.25, 0.3) is 0 Å². The number of hydrogen-bond donors (Lipinski definition) is 0. The van der Waals surface area contributed by atoms with Gasteiger partial charge in [-0.15, -0.1) is 0 Å². The summed E-state index contributed by atoms with van der Waals surface area (Å²) in [6.07, 6.45) is 8.42. The van der Waals surface area contributed by atoms with Gasteiger partial charge in [0.05, 0.1) is 24.8 Å². The molecule has 2 aliphatic rings. The van der Waals surface area contributed by atoms with Crippen LogP contribution < -0.4 is 0 Å². The van der Waals surface area contributed by atoms with Crippen LogP contribution in [0.15, 0.2) is 29.3 Å². The molecule has 2 aliphatic heterocycles. The van der Waals surface area contributed by atoms with Crippen molar-refractivity contribution in [1.29, 1.82) is 0 Å². The van der Waals surface area contributed by atoms with Crippen LogP contribution in [0.1, 0.15) is 34.9 Å². The number of rotatable bonds is 3. The lowest BCUT2D eigenvalue weighted by Crippen LogP contribution is -2.25. The Balaban J connectivity index is 1.52. The molecule has 0 spiro atoms. The smallest absolute Gasteiger partial charge is 0.115 e. The Morgan fingerprint density at radius 3 is 3.00 bits per heavy atom. The van der Waals surface area contributed by atoms with Gasteiger partial charge in [-0.3, -0.25) is 4.90 Å². The minimum Gasteiger partial charge on any atom is -0.472 e. The second kappa shape index (κ2) is 6.18. The highest BCUT2D eigenvalue weighted by Crippen LogP contribution is 2.29. The van der Waals surface area contributed by atoms with E-state index in [1.807, 2.05) is 12.3 Å². The Labute approximate surface area is 130 Å². The molecule has 0 saturated carbocycles. The van der Waals surface area contributed by atoms with Crippen molar-refractivity contribution in [3.05, 3.63) is 47.4 Å². The number of nitrogens with zero attached hydrogens (tertiary/aromatic N) is 3. The van der Waals surface area contributed by atoms with Crippen molar-refractivity contribution in [2.45, 2.75) is 31.7 Å². The Morgan fingerprint density at radius 1 is 1.23 bits per heavy atom. The highest BCUT2D eigenvalue weighted by molar-refractivity contribution is 5.30. The molecule has 116 valence electrons. The molecule has 2 aromatic heterocycles. The highest BCUT2D eigenvalue weighted by Gasteiger charge is 2.25. The van der Waals surface area contributed by atoms with E-state index in [4.69, 9.17) is 9.15 Å². The lowest BCUT2D eigenvalue weighted by atomic mass is 9.96. The molecule has 5 heteroatoms. The maximum Gasteiger partial charge on any atom is 0.115 e. The first kappa shape index (κ1) is 13.9. The summed E-state index contributed by atoms with van der Waals surface area (Å²) in [5.74, 6) is 0.456. The predicted octanol–water partition coefficient (Wildman–Crippen LogP) is 2.17. The largest absolute Gasteiger partial charge is 0.472 e. The molecule has 1 saturated heterocycles. The van der Waals surface area contributed by atoms with E-state index in [-0.39, 0.29) is 0 Å². The van der Waals surface area contributed by atoms with E-state index in [9.17, 15) is 0 Å². The van der Waals surface area contributed by atoms with Crippen molar-refractivity contribution in [1.82, 2.24) is 14.9 Å². The van der Waals surface area contributed by atoms with Crippen molar-refractivity contribution < 1.29 is 9.15 Å². The third-order valence-electron chi connectivity index (χ3n) is 4.71. The molecule has 5 nitrogen and oxygen atoms in total. The first-order valence-corrected chi connectivity index (χ1v) is 8.04. The average molecular weight is 299 g/mol. The summed E-state index contributed by atoms with van der Waals surface area (Å²) in [5.41, 5.74) is 5.06. The monoisotopic (exact) mass is 299 g/mol. The summed E-state index contributed by atoms with van der Waals surface area (Å²) in [4.78, 5) is 11.6. The number of ether oxygens (including phenoxy) is 1. The van der Waals surface area contributed by atoms with E-state index in [2.05, 4.69) is 14.9 Å². The summed E-state index contributed by atoms with van der Waals surface area (Å²) < 4.78 is 10.7. The molecule has 22 heavy (non-hydrogen) atoms. The van der Waals surface area contributed by atoms with Gasteiger partial charge in [-0.25, -0.2) is 9.97 Å². The quantitative estimate of drug-likeness (QED) is 0.869. The number of fused-ring (bicyclic) bond motifs is 1. The average Bonchev–Trinajstić information content (AvgIpc) is 3.20. The zero-order valence-electron chi connectivity index (χ0n) is 12.7. The van der Waals surface area contributed by atoms with Crippen LogP contribution in [0.3, 0.4) is 0 Å². The molecule has 1 atom stereocenters. The van der Waals surface area contributed by atoms with Crippen LogP contribution >= 0.6 is 0 Å². The molecule has 0 aliphatic carbocycles. The van der Waals surface area contributed by atoms with Gasteiger partial charge in [0, 0.05) is 49.8 Å². The number of hydrogen-bond acceptors (Lipinski definition) is 5. The van der Waals surface area contributed by atoms with Gasteiger partial charge in [-0.05, 0) is 24.5 Å². The van der Waals surface area contributed by atoms with Gasteiger partial charge in [-0.1, -0.05) is 0 Å². The maximum absolute atomic E-state index is 5.54. The first-order chi connectivity index (χ1) is 10.9. The van der Waals surface area contributed by atoms with E-state index in [0.29, 0.717) is 5.92 Å². The third-order valence-corrected chi connectivity index (χ3v) is 4.71. The minimum atomic E-state index is 0.456. The highest BCUT2D eigenvalue weighted by atomic mass is 16.5. The second-order valence-corrected chi connectivity index (χ2v) is 6.15. The molecule has 2 aromatic rings. The normalized spacial score (nSPS) is 22.5. The number of furan rings is 1. The number of aromatic nitrogens is 2. The molecule has 0 bridgehead atoms. The van der Waals surface area contributed by atoms with Crippen LogP contribution in [0, 0.1) is 0 Å². The molecule has 4 rings (SSSR count). The fourth-order valence-corrected chi connectivity index (χ4v) is 3.50. The van der Waals surface area contributed by atoms with Crippen LogP contribution in [0.4, 0.5) is 0 Å². The topological polar surface area (TPSA) is 51.4 Å². The molecule has 0 amide bonds. The van der Waals surface area contributed by atoms with Crippen molar-refractivity contribution >= 4 is 0 Å². The van der Waals surface area contributed by atoms with E-state index in [1.165, 1.54) is 22.5 Å². The summed E-state index contributed by atoms with van der Waals surface area (Å²) in [6.45, 7) is 4.69. The van der Waals surface area contributed by atoms with Gasteiger partial charge in [0.1, 0.15) is 6.33 Å². The van der Waals surface area contributed by atoms with Crippen molar-refractivity contribution in [2.75, 3.05) is 26.3 Å². The van der Waals surface area contributed by atoms with E-state index < -0.39 is 0 Å². The lowest BCUT2D eigenvalue weighted by molar-refractivity contribution is 0.193. The first-order valence-electron chi connectivity index (χ1n) is 8.04. The summed E-state index contributed by atoms with van der Waals surface area (Å²) in [5, 5.41) is 0. The zero-order chi connectivity index (χ0) is 14.8. The molecule has 4 heterocycles. The van der Waals surface area contributed by atoms with Crippen molar-refractivity contribution in [2.24, 2.45) is 0 Å². The van der Waals surface area contributed by atoms with Crippen molar-refractivity contribution in [3.8, 4) is 0 Å². The Kier molecular flexibility index (Phi) is 3.91. The van der Waals surface area contributed by atoms with Gasteiger partial charge in [-0.2, -0.15) is 0 Å². The molecule has 0 unspecified atom stereocenters. The summed E-state index contributed by atoms with van der Waals surface area (Å²) in [6, 6.07) is 2.04. The fraction of sp³-hybridized carbons (Fsp3) is 0.529. The second-order valence-electron chi connectivity index (χ2n) is 6.15. The lowest BCUT2D eigenvalue weighted by Gasteiger charge is -2.18. The van der Waals surface area contributed by atoms with Crippen LogP contribution in [0.5, 0.6) is 0 Å². The maximum atomic E-state index is 5.54. The Bertz CT molecular complexity index is 621.